The summed E-state index contributed by atoms with van der Waals surface area (Å²) in [7, 11) is 10.5. The van der Waals surface area contributed by atoms with Crippen molar-refractivity contribution in [2.75, 3.05) is 45.3 Å². The first-order chi connectivity index (χ1) is 38.9. The number of nitrogens with zero attached hydrogens (tertiary/aromatic N) is 11. The van der Waals surface area contributed by atoms with E-state index in [-0.39, 0.29) is 27.0 Å². The number of hydrogen-bond acceptors (Lipinski definition) is 10. The van der Waals surface area contributed by atoms with Gasteiger partial charge in [-0.1, -0.05) is 114 Å². The zero-order chi connectivity index (χ0) is 55.1. The van der Waals surface area contributed by atoms with Crippen molar-refractivity contribution < 1.29 is 22.4 Å². The fourth-order valence-corrected chi connectivity index (χ4v) is 12.6. The summed E-state index contributed by atoms with van der Waals surface area (Å²) in [6.45, 7) is 11.1. The minimum absolute atomic E-state index is 0.0292. The van der Waals surface area contributed by atoms with Crippen molar-refractivity contribution in [1.82, 2.24) is 19.2 Å². The fraction of sp³-hybridized carbons (Fsp3) is 0.175. The van der Waals surface area contributed by atoms with Crippen molar-refractivity contribution >= 4 is 113 Å². The summed E-state index contributed by atoms with van der Waals surface area (Å²) in [6.07, 6.45) is 16.7. The zero-order valence-electron chi connectivity index (χ0n) is 46.9. The molecule has 4 aliphatic heterocycles. The molecule has 11 aromatic rings. The van der Waals surface area contributed by atoms with E-state index in [1.807, 2.05) is 48.5 Å². The topological polar surface area (TPSA) is 99.0 Å². The number of para-hydroxylation sites is 5. The molecule has 10 heterocycles. The van der Waals surface area contributed by atoms with Gasteiger partial charge in [0.2, 0.25) is 0 Å². The minimum Gasteiger partial charge on any atom is -0.441 e. The van der Waals surface area contributed by atoms with E-state index in [4.69, 9.17) is 23.2 Å². The lowest BCUT2D eigenvalue weighted by molar-refractivity contribution is -0.629. The molecule has 0 spiro atoms. The van der Waals surface area contributed by atoms with Gasteiger partial charge in [0.1, 0.15) is 34.2 Å². The predicted molar refractivity (Wildman–Crippen MR) is 327 cm³/mol. The van der Waals surface area contributed by atoms with E-state index in [2.05, 4.69) is 240 Å². The number of aryl methyl sites for hydroxylation is 1. The fourth-order valence-electron chi connectivity index (χ4n) is 12.6. The summed E-state index contributed by atoms with van der Waals surface area (Å²) in [5.74, 6) is 5.69. The molecule has 14 nitrogen and oxygen atoms in total. The van der Waals surface area contributed by atoms with Gasteiger partial charge in [-0.25, -0.2) is 19.1 Å². The molecule has 394 valence electrons. The molecular formula is C63H62B3N11O3+2. The Hall–Kier alpha value is -9.37. The van der Waals surface area contributed by atoms with Crippen LogP contribution in [0.1, 0.15) is 50.2 Å². The van der Waals surface area contributed by atoms with Crippen LogP contribution < -0.4 is 38.9 Å². The third kappa shape index (κ3) is 8.12. The minimum atomic E-state index is -0.0350. The van der Waals surface area contributed by atoms with Crippen LogP contribution in [-0.2, 0) is 14.1 Å². The van der Waals surface area contributed by atoms with Crippen molar-refractivity contribution in [2.45, 2.75) is 40.8 Å². The Bertz CT molecular complexity index is 4250. The standard InChI is InChI=1S/C24H22BN5O.C23H23BN3O.C16H17BN3O/c1-16-15-20-19-11-7-8-12-21(19)31-24(20)28(3)25(16)30-17(2)29(18-9-5-4-6-10-18)22-23(30)27-14-13-26-22;1-16-14-20-19-12-8-9-13-21(19)28-23(20)26(4)24(16)22-15-27(17(2)25(22)3)18-10-6-5-7-11-18;1-12-11-14-13-7-4-5-8-15(13)21-16(14)19(3)17(12)20-10-6-9-18(20)2/h4-15,17H,1-3H3;5-15H,1-4H3;4-11H,1-3H3/q;2*+1/t17-;;/m0../s1. The van der Waals surface area contributed by atoms with E-state index in [1.165, 1.54) is 55.4 Å². The molecule has 80 heavy (non-hydrogen) atoms. The number of benzene rings is 5. The van der Waals surface area contributed by atoms with Crippen LogP contribution in [0.5, 0.6) is 0 Å². The monoisotopic (exact) mass is 1050 g/mol. The van der Waals surface area contributed by atoms with Crippen LogP contribution in [0.15, 0.2) is 200 Å². The van der Waals surface area contributed by atoms with Crippen LogP contribution >= 0.6 is 0 Å². The first kappa shape index (κ1) is 50.2. The highest BCUT2D eigenvalue weighted by Crippen LogP contribution is 2.46. The molecule has 15 rings (SSSR count). The Morgan fingerprint density at radius 2 is 1.02 bits per heavy atom. The number of fused-ring (bicyclic) bond motifs is 10. The molecule has 0 saturated carbocycles. The highest BCUT2D eigenvalue weighted by atomic mass is 16.4. The lowest BCUT2D eigenvalue weighted by atomic mass is 9.50. The Labute approximate surface area is 467 Å². The summed E-state index contributed by atoms with van der Waals surface area (Å²) < 4.78 is 27.4. The van der Waals surface area contributed by atoms with Gasteiger partial charge >= 0.3 is 20.8 Å². The molecule has 0 unspecified atom stereocenters. The van der Waals surface area contributed by atoms with Crippen LogP contribution in [0.25, 0.3) is 56.8 Å². The lowest BCUT2D eigenvalue weighted by Crippen LogP contribution is -2.66. The molecule has 0 amide bonds. The number of rotatable bonds is 5. The summed E-state index contributed by atoms with van der Waals surface area (Å²) >= 11 is 0. The van der Waals surface area contributed by atoms with E-state index in [1.54, 1.807) is 12.4 Å². The molecule has 0 bridgehead atoms. The van der Waals surface area contributed by atoms with Gasteiger partial charge in [-0.3, -0.25) is 0 Å². The van der Waals surface area contributed by atoms with Crippen molar-refractivity contribution in [3.63, 3.8) is 0 Å². The highest BCUT2D eigenvalue weighted by molar-refractivity contribution is 6.83. The summed E-state index contributed by atoms with van der Waals surface area (Å²) in [5, 5.41) is 3.49. The number of hydrogen-bond donors (Lipinski definition) is 0. The maximum atomic E-state index is 6.28. The Morgan fingerprint density at radius 3 is 1.60 bits per heavy atom. The summed E-state index contributed by atoms with van der Waals surface area (Å²) in [5.41, 5.74) is 13.6. The van der Waals surface area contributed by atoms with Crippen molar-refractivity contribution in [2.24, 2.45) is 14.1 Å². The molecule has 4 aliphatic rings. The largest absolute Gasteiger partial charge is 0.674 e. The normalized spacial score (nSPS) is 15.5. The summed E-state index contributed by atoms with van der Waals surface area (Å²) in [4.78, 5) is 20.7. The van der Waals surface area contributed by atoms with E-state index in [0.29, 0.717) is 0 Å². The van der Waals surface area contributed by atoms with Crippen LogP contribution in [-0.4, -0.2) is 67.3 Å². The first-order valence-electron chi connectivity index (χ1n) is 27.2. The molecule has 0 saturated heterocycles. The Kier molecular flexibility index (Phi) is 12.4. The van der Waals surface area contributed by atoms with Crippen LogP contribution in [0.2, 0.25) is 0 Å². The van der Waals surface area contributed by atoms with Gasteiger partial charge in [0.05, 0.1) is 26.5 Å². The Morgan fingerprint density at radius 1 is 0.525 bits per heavy atom. The number of imidazole rings is 1. The zero-order valence-corrected chi connectivity index (χ0v) is 46.9. The van der Waals surface area contributed by atoms with Gasteiger partial charge in [0.25, 0.3) is 5.82 Å². The molecular weight excluding hydrogens is 991 g/mol. The third-order valence-electron chi connectivity index (χ3n) is 16.4. The second-order valence-corrected chi connectivity index (χ2v) is 21.4. The van der Waals surface area contributed by atoms with E-state index in [0.717, 1.165) is 62.7 Å². The molecule has 6 aromatic heterocycles. The van der Waals surface area contributed by atoms with Gasteiger partial charge in [-0.05, 0) is 90.3 Å². The molecule has 0 radical (unpaired) electrons. The average Bonchev–Trinajstić information content (AvgIpc) is 4.43. The van der Waals surface area contributed by atoms with Gasteiger partial charge in [-0.15, -0.1) is 0 Å². The molecule has 0 N–H and O–H groups in total. The van der Waals surface area contributed by atoms with E-state index < -0.39 is 0 Å². The first-order valence-corrected chi connectivity index (χ1v) is 27.2. The molecule has 0 aliphatic carbocycles. The van der Waals surface area contributed by atoms with E-state index >= 15 is 0 Å². The lowest BCUT2D eigenvalue weighted by Gasteiger charge is -2.39. The third-order valence-corrected chi connectivity index (χ3v) is 16.4. The highest BCUT2D eigenvalue weighted by Gasteiger charge is 2.48. The molecule has 1 atom stereocenters. The average molecular weight is 1050 g/mol. The molecule has 5 aromatic carbocycles. The van der Waals surface area contributed by atoms with Crippen LogP contribution in [0.4, 0.5) is 35.0 Å². The Balaban J connectivity index is 0.000000115. The molecule has 17 heteroatoms. The van der Waals surface area contributed by atoms with Gasteiger partial charge in [0, 0.05) is 76.4 Å². The summed E-state index contributed by atoms with van der Waals surface area (Å²) in [6, 6.07) is 47.6. The van der Waals surface area contributed by atoms with Gasteiger partial charge < -0.3 is 37.4 Å². The SMILES string of the molecule is CC1=Cc2c(oc3ccccc23)N(C)B1N1c2nccnc2N(c2ccccc2)[C@@H]1C.CC1=Cc2c(oc3ccccc23)N(C)B1[n+]1cccn1C.CC1=Cc2c(oc3ccccc23)N(C)B1c1c[n+](-c2ccccc2)c(C)n1C. The smallest absolute Gasteiger partial charge is 0.441 e. The number of anilines is 6. The van der Waals surface area contributed by atoms with Crippen LogP contribution in [0, 0.1) is 6.92 Å². The number of furan rings is 3. The molecule has 0 fully saturated rings. The quantitative estimate of drug-likeness (QED) is 0.122. The van der Waals surface area contributed by atoms with Crippen molar-refractivity contribution in [1.29, 1.82) is 0 Å². The van der Waals surface area contributed by atoms with Gasteiger partial charge in [-0.2, -0.15) is 9.27 Å². The van der Waals surface area contributed by atoms with Crippen molar-refractivity contribution in [3.8, 4) is 5.69 Å². The number of allylic oxidation sites excluding steroid dienone is 3. The maximum Gasteiger partial charge on any atom is 0.674 e. The maximum absolute atomic E-state index is 6.28. The van der Waals surface area contributed by atoms with Gasteiger partial charge in [0.15, 0.2) is 35.5 Å². The predicted octanol–water partition coefficient (Wildman–Crippen LogP) is 11.2. The second kappa shape index (κ2) is 19.8. The van der Waals surface area contributed by atoms with Crippen molar-refractivity contribution in [3.05, 3.63) is 209 Å². The second-order valence-electron chi connectivity index (χ2n) is 21.4. The van der Waals surface area contributed by atoms with Crippen LogP contribution in [0.3, 0.4) is 0 Å². The van der Waals surface area contributed by atoms with E-state index in [9.17, 15) is 0 Å². The number of aromatic nitrogens is 6.